The number of hydrogen-bond donors (Lipinski definition) is 0. The van der Waals surface area contributed by atoms with Gasteiger partial charge in [-0.15, -0.1) is 0 Å². The van der Waals surface area contributed by atoms with Gasteiger partial charge in [-0.2, -0.15) is 12.8 Å². The maximum absolute atomic E-state index is 3.49. The molecule has 0 saturated heterocycles. The van der Waals surface area contributed by atoms with Gasteiger partial charge < -0.3 is 28.7 Å². The molecule has 0 N–H and O–H groups in total. The van der Waals surface area contributed by atoms with Gasteiger partial charge in [0.2, 0.25) is 0 Å². The molecule has 0 amide bonds. The summed E-state index contributed by atoms with van der Waals surface area (Å²) in [5, 5.41) is 0. The summed E-state index contributed by atoms with van der Waals surface area (Å²) in [7, 11) is 0. The van der Waals surface area contributed by atoms with Crippen molar-refractivity contribution in [3.8, 4) is 0 Å². The molecule has 14 heavy (non-hydrogen) atoms. The van der Waals surface area contributed by atoms with Crippen LogP contribution >= 0.6 is 0 Å². The number of rotatable bonds is 0. The van der Waals surface area contributed by atoms with Crippen molar-refractivity contribution in [1.82, 2.24) is 0 Å². The van der Waals surface area contributed by atoms with Gasteiger partial charge in [-0.05, 0) is 0 Å². The minimum Gasteiger partial charge on any atom is -0.358 e. The largest absolute Gasteiger partial charge is 0.358 e. The van der Waals surface area contributed by atoms with E-state index >= 15 is 0 Å². The Morgan fingerprint density at radius 1 is 0.714 bits per heavy atom. The third kappa shape index (κ3) is 192. The van der Waals surface area contributed by atoms with Crippen LogP contribution < -0.4 is 0 Å². The van der Waals surface area contributed by atoms with E-state index < -0.39 is 0 Å². The molecule has 4 heteroatoms. The minimum absolute atomic E-state index is 0. The minimum atomic E-state index is 0. The monoisotopic (exact) mass is 453 g/mol. The topological polar surface area (TPSA) is 0 Å². The van der Waals surface area contributed by atoms with Crippen molar-refractivity contribution in [3.05, 3.63) is 28.7 Å². The van der Waals surface area contributed by atoms with Gasteiger partial charge in [0.25, 0.3) is 0 Å². The first-order valence-electron chi connectivity index (χ1n) is 3.41. The van der Waals surface area contributed by atoms with Crippen LogP contribution in [0.2, 0.25) is 0 Å². The van der Waals surface area contributed by atoms with E-state index in [0.29, 0.717) is 0 Å². The van der Waals surface area contributed by atoms with Gasteiger partial charge in [0.05, 0.1) is 0 Å². The molecule has 0 aliphatic rings. The SMILES string of the molecule is CC.[Ar].[CH2-]CC.[CH2-]CC.[CH3-].[CH3-].[Y].[Y].[Y]. The molecule has 87 valence electrons. The maximum atomic E-state index is 3.49. The summed E-state index contributed by atoms with van der Waals surface area (Å²) in [6.07, 6.45) is 2.00. The molecule has 0 fully saturated rings. The van der Waals surface area contributed by atoms with Gasteiger partial charge in [-0.1, -0.05) is 27.7 Å². The van der Waals surface area contributed by atoms with Crippen LogP contribution in [0.5, 0.6) is 0 Å². The molecular formula is C10H26ArY3-4. The normalized spacial score (nSPS) is 3.00. The van der Waals surface area contributed by atoms with E-state index in [2.05, 4.69) is 13.8 Å². The van der Waals surface area contributed by atoms with Gasteiger partial charge in [0, 0.05) is 136 Å². The second-order valence-electron chi connectivity index (χ2n) is 1.000. The van der Waals surface area contributed by atoms with Crippen LogP contribution in [0.15, 0.2) is 0 Å². The van der Waals surface area contributed by atoms with Crippen molar-refractivity contribution in [2.75, 3.05) is 0 Å². The molecular weight excluding hydrogens is 427 g/mol. The van der Waals surface area contributed by atoms with Gasteiger partial charge in [0.15, 0.2) is 0 Å². The summed E-state index contributed by atoms with van der Waals surface area (Å²) in [6.45, 7) is 15.0. The van der Waals surface area contributed by atoms with E-state index in [1.165, 1.54) is 0 Å². The van der Waals surface area contributed by atoms with Crippen LogP contribution in [0.25, 0.3) is 0 Å². The standard InChI is InChI=1S/2C3H7.C2H6.2CH3.Ar.3Y/c2*1-3-2;1-2;;;;;;/h2*1,3H2,2H3;1-2H3;2*1H3;;;;/q2*-1;;2*-1;;;;. The molecule has 3 radical (unpaired) electrons. The summed E-state index contributed by atoms with van der Waals surface area (Å²) < 4.78 is 0. The van der Waals surface area contributed by atoms with E-state index in [9.17, 15) is 0 Å². The first-order valence-corrected chi connectivity index (χ1v) is 3.41. The van der Waals surface area contributed by atoms with E-state index in [0.717, 1.165) is 12.8 Å². The van der Waals surface area contributed by atoms with Gasteiger partial charge in [0.1, 0.15) is 0 Å². The zero-order chi connectivity index (χ0) is 7.41. The molecule has 0 spiro atoms. The second-order valence-corrected chi connectivity index (χ2v) is 1.000. The van der Waals surface area contributed by atoms with E-state index in [4.69, 9.17) is 0 Å². The quantitative estimate of drug-likeness (QED) is 0.478. The van der Waals surface area contributed by atoms with Crippen LogP contribution in [0.3, 0.4) is 0 Å². The smallest absolute Gasteiger partial charge is 0 e. The van der Waals surface area contributed by atoms with Crippen molar-refractivity contribution in [3.63, 3.8) is 0 Å². The molecule has 0 aliphatic heterocycles. The summed E-state index contributed by atoms with van der Waals surface area (Å²) in [6, 6.07) is 0. The zero-order valence-corrected chi connectivity index (χ0v) is 20.1. The van der Waals surface area contributed by atoms with E-state index in [1.54, 1.807) is 0 Å². The average Bonchev–Trinajstić information content (AvgIpc) is 1.75. The molecule has 0 bridgehead atoms. The zero-order valence-electron chi connectivity index (χ0n) is 10.9. The van der Waals surface area contributed by atoms with E-state index in [1.807, 2.05) is 27.7 Å². The third-order valence-corrected chi connectivity index (χ3v) is 0. The molecule has 0 nitrogen and oxygen atoms in total. The fourth-order valence-corrected chi connectivity index (χ4v) is 0. The molecule has 0 aliphatic carbocycles. The summed E-state index contributed by atoms with van der Waals surface area (Å²) in [5.74, 6) is 0. The predicted molar refractivity (Wildman–Crippen MR) is 55.5 cm³/mol. The van der Waals surface area contributed by atoms with E-state index in [-0.39, 0.29) is 151 Å². The fourth-order valence-electron chi connectivity index (χ4n) is 0. The van der Waals surface area contributed by atoms with Crippen molar-refractivity contribution >= 4 is 0 Å². The molecule has 0 rings (SSSR count). The van der Waals surface area contributed by atoms with Crippen LogP contribution in [0, 0.1) is 66.4 Å². The van der Waals surface area contributed by atoms with Gasteiger partial charge >= 0.3 is 0 Å². The van der Waals surface area contributed by atoms with Gasteiger partial charge in [-0.25, -0.2) is 0 Å². The van der Waals surface area contributed by atoms with Crippen LogP contribution in [0.1, 0.15) is 40.5 Å². The van der Waals surface area contributed by atoms with Gasteiger partial charge in [-0.3, -0.25) is 0 Å². The molecule has 0 atom stereocenters. The van der Waals surface area contributed by atoms with Crippen molar-refractivity contribution in [2.45, 2.75) is 40.5 Å². The third-order valence-electron chi connectivity index (χ3n) is 0. The number of hydrogen-bond acceptors (Lipinski definition) is 0. The van der Waals surface area contributed by atoms with Crippen LogP contribution in [-0.4, -0.2) is 0 Å². The van der Waals surface area contributed by atoms with Crippen LogP contribution in [0.4, 0.5) is 0 Å². The Balaban J connectivity index is -0.00000000319. The molecule has 0 unspecified atom stereocenters. The summed E-state index contributed by atoms with van der Waals surface area (Å²) >= 11 is 0. The predicted octanol–water partition coefficient (Wildman–Crippen LogP) is 4.38. The molecule has 0 heterocycles. The maximum Gasteiger partial charge on any atom is 0 e. The Hall–Kier alpha value is 4.57. The van der Waals surface area contributed by atoms with Crippen molar-refractivity contribution in [1.29, 1.82) is 0 Å². The molecule has 0 aromatic heterocycles. The Kier molecular flexibility index (Phi) is 500. The van der Waals surface area contributed by atoms with Crippen LogP contribution in [-0.2, 0) is 98.1 Å². The Bertz CT molecular complexity index is 17.3. The molecule has 0 saturated carbocycles. The van der Waals surface area contributed by atoms with Crippen molar-refractivity contribution in [2.24, 2.45) is 0 Å². The Labute approximate surface area is 200 Å². The average molecular weight is 453 g/mol. The Morgan fingerprint density at radius 3 is 0.714 bits per heavy atom. The first-order chi connectivity index (χ1) is 3.83. The Morgan fingerprint density at radius 2 is 0.714 bits per heavy atom. The molecule has 0 aromatic rings. The second kappa shape index (κ2) is 112. The summed E-state index contributed by atoms with van der Waals surface area (Å²) in [5.41, 5.74) is 0. The van der Waals surface area contributed by atoms with Crippen molar-refractivity contribution < 1.29 is 136 Å². The molecule has 0 aromatic carbocycles. The summed E-state index contributed by atoms with van der Waals surface area (Å²) in [4.78, 5) is 0. The first kappa shape index (κ1) is 62.6. The fraction of sp³-hybridized carbons (Fsp3) is 0.600.